The molecular weight excluding hydrogens is 244 g/mol. The summed E-state index contributed by atoms with van der Waals surface area (Å²) in [6, 6.07) is 6.66. The van der Waals surface area contributed by atoms with Gasteiger partial charge in [0, 0.05) is 12.0 Å². The number of carbonyl (C=O) groups is 2. The molecule has 2 amide bonds. The molecule has 0 heterocycles. The lowest BCUT2D eigenvalue weighted by atomic mass is 10.2. The molecule has 1 aromatic carbocycles. The highest BCUT2D eigenvalue weighted by molar-refractivity contribution is 5.95. The van der Waals surface area contributed by atoms with Crippen molar-refractivity contribution < 1.29 is 14.3 Å². The first-order chi connectivity index (χ1) is 9.17. The number of carbonyl (C=O) groups excluding carboxylic acids is 2. The van der Waals surface area contributed by atoms with E-state index in [2.05, 4.69) is 17.8 Å². The molecule has 0 aliphatic rings. The average molecular weight is 264 g/mol. The molecule has 1 aromatic rings. The molecule has 0 radical (unpaired) electrons. The van der Waals surface area contributed by atoms with Crippen LogP contribution in [-0.4, -0.2) is 18.9 Å². The fourth-order valence-electron chi connectivity index (χ4n) is 1.54. The summed E-state index contributed by atoms with van der Waals surface area (Å²) < 4.78 is 5.00. The lowest BCUT2D eigenvalue weighted by Gasteiger charge is -2.07. The van der Waals surface area contributed by atoms with Crippen molar-refractivity contribution in [2.45, 2.75) is 32.6 Å². The minimum absolute atomic E-state index is 0.171. The van der Waals surface area contributed by atoms with Crippen LogP contribution in [0.25, 0.3) is 0 Å². The Morgan fingerprint density at radius 3 is 2.37 bits per heavy atom. The van der Waals surface area contributed by atoms with Crippen molar-refractivity contribution in [1.29, 1.82) is 0 Å². The van der Waals surface area contributed by atoms with Gasteiger partial charge in [0.1, 0.15) is 5.75 Å². The molecule has 0 aliphatic carbocycles. The van der Waals surface area contributed by atoms with Crippen LogP contribution < -0.4 is 15.6 Å². The van der Waals surface area contributed by atoms with Gasteiger partial charge < -0.3 is 4.74 Å². The molecule has 0 atom stereocenters. The van der Waals surface area contributed by atoms with Crippen molar-refractivity contribution >= 4 is 11.8 Å². The van der Waals surface area contributed by atoms with Crippen LogP contribution >= 0.6 is 0 Å². The number of methoxy groups -OCH3 is 1. The van der Waals surface area contributed by atoms with Crippen LogP contribution in [0.15, 0.2) is 24.3 Å². The Morgan fingerprint density at radius 1 is 1.11 bits per heavy atom. The predicted octanol–water partition coefficient (Wildman–Crippen LogP) is 2.04. The largest absolute Gasteiger partial charge is 0.497 e. The summed E-state index contributed by atoms with van der Waals surface area (Å²) in [4.78, 5) is 23.1. The number of hydrazine groups is 1. The fraction of sp³-hybridized carbons (Fsp3) is 0.429. The van der Waals surface area contributed by atoms with E-state index in [-0.39, 0.29) is 11.8 Å². The predicted molar refractivity (Wildman–Crippen MR) is 72.7 cm³/mol. The molecule has 0 fully saturated rings. The number of benzene rings is 1. The maximum Gasteiger partial charge on any atom is 0.269 e. The number of hydrogen-bond acceptors (Lipinski definition) is 3. The second-order valence-electron chi connectivity index (χ2n) is 4.19. The van der Waals surface area contributed by atoms with Crippen LogP contribution in [0.2, 0.25) is 0 Å². The molecule has 1 rings (SSSR count). The second-order valence-corrected chi connectivity index (χ2v) is 4.19. The molecule has 0 saturated heterocycles. The van der Waals surface area contributed by atoms with E-state index < -0.39 is 0 Å². The normalized spacial score (nSPS) is 9.79. The van der Waals surface area contributed by atoms with Gasteiger partial charge in [-0.25, -0.2) is 0 Å². The summed E-state index contributed by atoms with van der Waals surface area (Å²) in [6.07, 6.45) is 3.34. The van der Waals surface area contributed by atoms with Crippen LogP contribution in [0.5, 0.6) is 5.75 Å². The Balaban J connectivity index is 2.35. The average Bonchev–Trinajstić information content (AvgIpc) is 2.45. The Kier molecular flexibility index (Phi) is 6.43. The SMILES string of the molecule is CCCCCC(=O)NNC(=O)c1ccc(OC)cc1. The van der Waals surface area contributed by atoms with E-state index in [4.69, 9.17) is 4.74 Å². The third kappa shape index (κ3) is 5.42. The van der Waals surface area contributed by atoms with Crippen molar-refractivity contribution in [2.24, 2.45) is 0 Å². The zero-order valence-corrected chi connectivity index (χ0v) is 11.4. The van der Waals surface area contributed by atoms with E-state index in [0.717, 1.165) is 19.3 Å². The number of rotatable bonds is 6. The molecule has 0 spiro atoms. The molecule has 0 unspecified atom stereocenters. The van der Waals surface area contributed by atoms with Gasteiger partial charge in [-0.3, -0.25) is 20.4 Å². The van der Waals surface area contributed by atoms with Crippen molar-refractivity contribution in [3.8, 4) is 5.75 Å². The van der Waals surface area contributed by atoms with E-state index >= 15 is 0 Å². The van der Waals surface area contributed by atoms with Gasteiger partial charge in [-0.1, -0.05) is 19.8 Å². The lowest BCUT2D eigenvalue weighted by Crippen LogP contribution is -2.41. The van der Waals surface area contributed by atoms with E-state index in [1.54, 1.807) is 31.4 Å². The number of ether oxygens (including phenoxy) is 1. The minimum Gasteiger partial charge on any atom is -0.497 e. The third-order valence-electron chi connectivity index (χ3n) is 2.68. The molecule has 0 aromatic heterocycles. The maximum absolute atomic E-state index is 11.7. The van der Waals surface area contributed by atoms with Gasteiger partial charge in [0.05, 0.1) is 7.11 Å². The van der Waals surface area contributed by atoms with Crippen molar-refractivity contribution in [2.75, 3.05) is 7.11 Å². The Labute approximate surface area is 113 Å². The van der Waals surface area contributed by atoms with Crippen molar-refractivity contribution in [1.82, 2.24) is 10.9 Å². The first kappa shape index (κ1) is 15.0. The maximum atomic E-state index is 11.7. The zero-order valence-electron chi connectivity index (χ0n) is 11.4. The van der Waals surface area contributed by atoms with Crippen molar-refractivity contribution in [3.05, 3.63) is 29.8 Å². The smallest absolute Gasteiger partial charge is 0.269 e. The molecule has 104 valence electrons. The zero-order chi connectivity index (χ0) is 14.1. The molecule has 0 saturated carbocycles. The topological polar surface area (TPSA) is 67.4 Å². The Bertz CT molecular complexity index is 415. The number of nitrogens with one attached hydrogen (secondary N) is 2. The monoisotopic (exact) mass is 264 g/mol. The van der Waals surface area contributed by atoms with E-state index in [0.29, 0.717) is 17.7 Å². The van der Waals surface area contributed by atoms with Gasteiger partial charge in [-0.05, 0) is 30.7 Å². The van der Waals surface area contributed by atoms with Crippen LogP contribution in [0.1, 0.15) is 43.0 Å². The van der Waals surface area contributed by atoms with E-state index in [9.17, 15) is 9.59 Å². The van der Waals surface area contributed by atoms with Gasteiger partial charge in [-0.15, -0.1) is 0 Å². The number of hydrogen-bond donors (Lipinski definition) is 2. The lowest BCUT2D eigenvalue weighted by molar-refractivity contribution is -0.121. The molecular formula is C14H20N2O3. The number of amides is 2. The molecule has 5 nitrogen and oxygen atoms in total. The first-order valence-electron chi connectivity index (χ1n) is 6.40. The fourth-order valence-corrected chi connectivity index (χ4v) is 1.54. The summed E-state index contributed by atoms with van der Waals surface area (Å²) in [5, 5.41) is 0. The second kappa shape index (κ2) is 8.13. The van der Waals surface area contributed by atoms with Crippen LogP contribution in [0, 0.1) is 0 Å². The molecule has 0 bridgehead atoms. The number of unbranched alkanes of at least 4 members (excludes halogenated alkanes) is 2. The van der Waals surface area contributed by atoms with Crippen molar-refractivity contribution in [3.63, 3.8) is 0 Å². The minimum atomic E-state index is -0.341. The Morgan fingerprint density at radius 2 is 1.79 bits per heavy atom. The highest BCUT2D eigenvalue weighted by atomic mass is 16.5. The van der Waals surface area contributed by atoms with Gasteiger partial charge in [0.15, 0.2) is 0 Å². The highest BCUT2D eigenvalue weighted by Crippen LogP contribution is 2.10. The quantitative estimate of drug-likeness (QED) is 0.610. The Hall–Kier alpha value is -2.04. The van der Waals surface area contributed by atoms with Gasteiger partial charge in [0.25, 0.3) is 5.91 Å². The first-order valence-corrected chi connectivity index (χ1v) is 6.40. The summed E-state index contributed by atoms with van der Waals surface area (Å²) in [7, 11) is 1.56. The van der Waals surface area contributed by atoms with Crippen LogP contribution in [0.3, 0.4) is 0 Å². The molecule has 19 heavy (non-hydrogen) atoms. The summed E-state index contributed by atoms with van der Waals surface area (Å²) in [5.41, 5.74) is 5.25. The van der Waals surface area contributed by atoms with E-state index in [1.165, 1.54) is 0 Å². The molecule has 5 heteroatoms. The van der Waals surface area contributed by atoms with Crippen LogP contribution in [-0.2, 0) is 4.79 Å². The van der Waals surface area contributed by atoms with Crippen LogP contribution in [0.4, 0.5) is 0 Å². The third-order valence-corrected chi connectivity index (χ3v) is 2.68. The highest BCUT2D eigenvalue weighted by Gasteiger charge is 2.07. The molecule has 2 N–H and O–H groups in total. The van der Waals surface area contributed by atoms with Gasteiger partial charge in [-0.2, -0.15) is 0 Å². The summed E-state index contributed by atoms with van der Waals surface area (Å²) in [6.45, 7) is 2.07. The standard InChI is InChI=1S/C14H20N2O3/c1-3-4-5-6-13(17)15-16-14(18)11-7-9-12(19-2)10-8-11/h7-10H,3-6H2,1-2H3,(H,15,17)(H,16,18). The van der Waals surface area contributed by atoms with Gasteiger partial charge >= 0.3 is 0 Å². The molecule has 0 aliphatic heterocycles. The summed E-state index contributed by atoms with van der Waals surface area (Å²) >= 11 is 0. The summed E-state index contributed by atoms with van der Waals surface area (Å²) in [5.74, 6) is 0.168. The van der Waals surface area contributed by atoms with Gasteiger partial charge in [0.2, 0.25) is 5.91 Å². The van der Waals surface area contributed by atoms with E-state index in [1.807, 2.05) is 0 Å².